The lowest BCUT2D eigenvalue weighted by molar-refractivity contribution is -0.142. The van der Waals surface area contributed by atoms with E-state index >= 15 is 0 Å². The smallest absolute Gasteiger partial charge is 0.326 e. The molecular formula is C41H79N6O12PS. The lowest BCUT2D eigenvalue weighted by Crippen LogP contribution is -2.41. The summed E-state index contributed by atoms with van der Waals surface area (Å²) in [6.07, 6.45) is 16.9. The van der Waals surface area contributed by atoms with Crippen LogP contribution in [0, 0.1) is 0 Å². The third kappa shape index (κ3) is 38.6. The first-order chi connectivity index (χ1) is 29.2. The van der Waals surface area contributed by atoms with Gasteiger partial charge < -0.3 is 46.9 Å². The monoisotopic (exact) mass is 911 g/mol. The van der Waals surface area contributed by atoms with Crippen LogP contribution in [0.15, 0.2) is 0 Å². The standard InChI is InChI=1S/C41H79N6O12PS/c1-2-43-35(41(54)60)21-16-18-26-46-39(51)33(42)20-15-17-25-44-38(50)32-59-30-29-58-28-27-45-36(48)24-23-34(40(52)53)47-37(49)22-14-12-10-8-6-4-3-5-7-9-11-13-19-31-61(55,56)57/h33-35,43H,2-32,42,60H2,1H3,(H,44,50)(H,45,48)(H,46,51)(H,47,49)(H,52,53)(H,55,56,57)/t33-,34-,35-/m0/s1. The lowest BCUT2D eigenvalue weighted by atomic mass is 10.0. The topological polar surface area (TPSA) is 282 Å². The van der Waals surface area contributed by atoms with Crippen LogP contribution in [0.5, 0.6) is 0 Å². The van der Waals surface area contributed by atoms with Crippen molar-refractivity contribution >= 4 is 54.5 Å². The number of unbranched alkanes of at least 4 members (excludes halogenated alkanes) is 14. The minimum atomic E-state index is -3.85. The van der Waals surface area contributed by atoms with Crippen molar-refractivity contribution in [1.29, 1.82) is 0 Å². The summed E-state index contributed by atoms with van der Waals surface area (Å²) < 4.78 is 40.8. The Labute approximate surface area is 366 Å². The predicted octanol–water partition coefficient (Wildman–Crippen LogP) is 3.11. The van der Waals surface area contributed by atoms with E-state index in [0.717, 1.165) is 90.0 Å². The van der Waals surface area contributed by atoms with E-state index in [0.29, 0.717) is 51.6 Å². The maximum Gasteiger partial charge on any atom is 0.326 e. The maximum absolute atomic E-state index is 12.3. The molecule has 0 saturated heterocycles. The molecular weight excluding hydrogens is 832 g/mol. The van der Waals surface area contributed by atoms with Crippen LogP contribution in [0.3, 0.4) is 0 Å². The van der Waals surface area contributed by atoms with Crippen molar-refractivity contribution in [2.75, 3.05) is 58.4 Å². The summed E-state index contributed by atoms with van der Waals surface area (Å²) in [6, 6.07) is -1.96. The highest BCUT2D eigenvalue weighted by molar-refractivity contribution is 7.85. The van der Waals surface area contributed by atoms with Gasteiger partial charge in [-0.05, 0) is 64.3 Å². The van der Waals surface area contributed by atoms with E-state index < -0.39 is 28.2 Å². The molecule has 9 N–H and O–H groups in total. The van der Waals surface area contributed by atoms with Crippen molar-refractivity contribution in [2.45, 2.75) is 166 Å². The SMILES string of the molecule is CCN[C@@H](CCCCNC(=O)[C@@H](N)CCCCNC(=O)COCCOCCNC(=O)CC[C@H](NC(=O)CCCCCCCCCCCCCCCS(=O)(=O)O)C(=O)O)C(=O)P. The molecule has 1 unspecified atom stereocenters. The molecule has 0 heterocycles. The van der Waals surface area contributed by atoms with Crippen molar-refractivity contribution in [3.05, 3.63) is 0 Å². The average molecular weight is 911 g/mol. The van der Waals surface area contributed by atoms with Crippen molar-refractivity contribution in [3.63, 3.8) is 0 Å². The Bertz CT molecular complexity index is 1330. The van der Waals surface area contributed by atoms with E-state index in [9.17, 15) is 42.3 Å². The summed E-state index contributed by atoms with van der Waals surface area (Å²) in [6.45, 7) is 4.24. The second-order valence-corrected chi connectivity index (χ2v) is 17.5. The highest BCUT2D eigenvalue weighted by atomic mass is 32.2. The molecule has 18 nitrogen and oxygen atoms in total. The van der Waals surface area contributed by atoms with Gasteiger partial charge in [-0.25, -0.2) is 4.79 Å². The van der Waals surface area contributed by atoms with E-state index in [1.807, 2.05) is 6.92 Å². The van der Waals surface area contributed by atoms with Crippen molar-refractivity contribution in [1.82, 2.24) is 26.6 Å². The minimum absolute atomic E-state index is 0.0317. The van der Waals surface area contributed by atoms with Crippen molar-refractivity contribution in [3.8, 4) is 0 Å². The zero-order chi connectivity index (χ0) is 45.6. The first-order valence-corrected chi connectivity index (χ1v) is 24.6. The summed E-state index contributed by atoms with van der Waals surface area (Å²) in [5.41, 5.74) is 6.02. The number of nitrogens with one attached hydrogen (secondary N) is 5. The quantitative estimate of drug-likeness (QED) is 0.0248. The number of hydrogen-bond acceptors (Lipinski definition) is 12. The van der Waals surface area contributed by atoms with E-state index in [2.05, 4.69) is 35.8 Å². The predicted molar refractivity (Wildman–Crippen MR) is 238 cm³/mol. The Morgan fingerprint density at radius 1 is 0.607 bits per heavy atom. The highest BCUT2D eigenvalue weighted by Crippen LogP contribution is 2.14. The second kappa shape index (κ2) is 38.8. The molecule has 356 valence electrons. The van der Waals surface area contributed by atoms with Crippen LogP contribution in [0.4, 0.5) is 0 Å². The number of carbonyl (C=O) groups excluding carboxylic acids is 5. The number of carboxylic acid groups (broad SMARTS) is 1. The average Bonchev–Trinajstić information content (AvgIpc) is 3.20. The Morgan fingerprint density at radius 3 is 1.72 bits per heavy atom. The molecule has 0 spiro atoms. The van der Waals surface area contributed by atoms with Crippen LogP contribution in [-0.2, 0) is 48.4 Å². The van der Waals surface area contributed by atoms with Gasteiger partial charge in [0.15, 0.2) is 5.52 Å². The molecule has 61 heavy (non-hydrogen) atoms. The Balaban J connectivity index is 3.76. The van der Waals surface area contributed by atoms with Crippen molar-refractivity contribution < 1.29 is 56.3 Å². The third-order valence-electron chi connectivity index (χ3n) is 9.89. The van der Waals surface area contributed by atoms with Crippen LogP contribution in [0.1, 0.15) is 148 Å². The fourth-order valence-corrected chi connectivity index (χ4v) is 7.21. The largest absolute Gasteiger partial charge is 0.480 e. The Kier molecular flexibility index (Phi) is 37.1. The van der Waals surface area contributed by atoms with Crippen LogP contribution in [0.2, 0.25) is 0 Å². The summed E-state index contributed by atoms with van der Waals surface area (Å²) in [7, 11) is -1.64. The van der Waals surface area contributed by atoms with Gasteiger partial charge in [0.05, 0.1) is 37.7 Å². The number of ether oxygens (including phenoxy) is 2. The third-order valence-corrected chi connectivity index (χ3v) is 11.1. The van der Waals surface area contributed by atoms with Gasteiger partial charge in [0.2, 0.25) is 23.6 Å². The minimum Gasteiger partial charge on any atom is -0.480 e. The number of likely N-dealkylation sites (N-methyl/N-ethyl adjacent to an activating group) is 1. The molecule has 0 bridgehead atoms. The van der Waals surface area contributed by atoms with Crippen LogP contribution < -0.4 is 32.3 Å². The van der Waals surface area contributed by atoms with Gasteiger partial charge in [-0.15, -0.1) is 0 Å². The molecule has 4 atom stereocenters. The highest BCUT2D eigenvalue weighted by Gasteiger charge is 2.21. The van der Waals surface area contributed by atoms with Gasteiger partial charge in [0.1, 0.15) is 12.6 Å². The zero-order valence-corrected chi connectivity index (χ0v) is 38.7. The first kappa shape index (κ1) is 58.2. The molecule has 0 aromatic carbocycles. The Hall–Kier alpha value is -2.80. The molecule has 0 saturated carbocycles. The van der Waals surface area contributed by atoms with Gasteiger partial charge >= 0.3 is 5.97 Å². The molecule has 0 aromatic heterocycles. The molecule has 0 radical (unpaired) electrons. The molecule has 0 aliphatic rings. The fourth-order valence-electron chi connectivity index (χ4n) is 6.36. The van der Waals surface area contributed by atoms with Gasteiger partial charge in [-0.1, -0.05) is 86.8 Å². The number of rotatable bonds is 43. The van der Waals surface area contributed by atoms with E-state index in [1.54, 1.807) is 0 Å². The fraction of sp³-hybridized carbons (Fsp3) is 0.854. The molecule has 20 heteroatoms. The zero-order valence-electron chi connectivity index (χ0n) is 36.7. The normalized spacial score (nSPS) is 12.9. The van der Waals surface area contributed by atoms with Crippen molar-refractivity contribution in [2.24, 2.45) is 5.73 Å². The second-order valence-electron chi connectivity index (χ2n) is 15.4. The lowest BCUT2D eigenvalue weighted by Gasteiger charge is -2.15. The first-order valence-electron chi connectivity index (χ1n) is 22.4. The van der Waals surface area contributed by atoms with Crippen LogP contribution >= 0.6 is 9.24 Å². The van der Waals surface area contributed by atoms with Gasteiger partial charge in [0, 0.05) is 32.5 Å². The number of aliphatic carboxylic acids is 1. The molecule has 4 amide bonds. The molecule has 0 aliphatic heterocycles. The number of nitrogens with two attached hydrogens (primary N) is 1. The van der Waals surface area contributed by atoms with Gasteiger partial charge in [0.25, 0.3) is 10.1 Å². The molecule has 0 rings (SSSR count). The summed E-state index contributed by atoms with van der Waals surface area (Å²) in [5.74, 6) is -2.55. The van der Waals surface area contributed by atoms with Gasteiger partial charge in [-0.2, -0.15) is 8.42 Å². The summed E-state index contributed by atoms with van der Waals surface area (Å²) >= 11 is 0. The van der Waals surface area contributed by atoms with Crippen LogP contribution in [-0.4, -0.2) is 130 Å². The Morgan fingerprint density at radius 2 is 1.15 bits per heavy atom. The number of hydrogen-bond donors (Lipinski definition) is 8. The maximum atomic E-state index is 12.3. The van der Waals surface area contributed by atoms with E-state index in [4.69, 9.17) is 19.8 Å². The van der Waals surface area contributed by atoms with Gasteiger partial charge in [-0.3, -0.25) is 28.5 Å². The number of carbonyl (C=O) groups is 6. The van der Waals surface area contributed by atoms with E-state index in [1.165, 1.54) is 0 Å². The van der Waals surface area contributed by atoms with E-state index in [-0.39, 0.29) is 93.2 Å². The van der Waals surface area contributed by atoms with Crippen LogP contribution in [0.25, 0.3) is 0 Å². The summed E-state index contributed by atoms with van der Waals surface area (Å²) in [5, 5.41) is 23.4. The number of carboxylic acids is 1. The number of amides is 4. The molecule has 0 aromatic rings. The molecule has 0 fully saturated rings. The summed E-state index contributed by atoms with van der Waals surface area (Å²) in [4.78, 5) is 72.0. The molecule has 0 aliphatic carbocycles.